The van der Waals surface area contributed by atoms with E-state index in [-0.39, 0.29) is 12.2 Å². The summed E-state index contributed by atoms with van der Waals surface area (Å²) in [5.74, 6) is -1.11. The molecule has 0 spiro atoms. The molecule has 0 fully saturated rings. The Morgan fingerprint density at radius 3 is 2.16 bits per heavy atom. The van der Waals surface area contributed by atoms with Gasteiger partial charge in [0.2, 0.25) is 0 Å². The summed E-state index contributed by atoms with van der Waals surface area (Å²) in [7, 11) is 0. The molecule has 3 heteroatoms. The van der Waals surface area contributed by atoms with Gasteiger partial charge < -0.3 is 5.11 Å². The summed E-state index contributed by atoms with van der Waals surface area (Å²) >= 11 is 0. The first-order chi connectivity index (χ1) is 8.95. The van der Waals surface area contributed by atoms with Gasteiger partial charge >= 0.3 is 5.97 Å². The first kappa shape index (κ1) is 15.4. The maximum atomic E-state index is 12.1. The molecule has 3 nitrogen and oxygen atoms in total. The molecule has 1 aromatic rings. The van der Waals surface area contributed by atoms with Crippen LogP contribution < -0.4 is 0 Å². The molecule has 19 heavy (non-hydrogen) atoms. The van der Waals surface area contributed by atoms with Crippen molar-refractivity contribution in [2.45, 2.75) is 46.0 Å². The fourth-order valence-corrected chi connectivity index (χ4v) is 2.06. The van der Waals surface area contributed by atoms with Crippen LogP contribution in [0.1, 0.15) is 61.9 Å². The zero-order valence-electron chi connectivity index (χ0n) is 11.8. The van der Waals surface area contributed by atoms with Crippen LogP contribution in [0.5, 0.6) is 0 Å². The van der Waals surface area contributed by atoms with E-state index >= 15 is 0 Å². The van der Waals surface area contributed by atoms with Crippen LogP contribution in [-0.2, 0) is 4.79 Å². The summed E-state index contributed by atoms with van der Waals surface area (Å²) < 4.78 is 0. The molecule has 104 valence electrons. The SMILES string of the molecule is CCCC(CC(=O)c1ccc(C(C)C)cc1)C(=O)O. The van der Waals surface area contributed by atoms with E-state index in [2.05, 4.69) is 13.8 Å². The standard InChI is InChI=1S/C16H22O3/c1-4-5-14(16(18)19)10-15(17)13-8-6-12(7-9-13)11(2)3/h6-9,11,14H,4-5,10H2,1-3H3,(H,18,19). The zero-order valence-corrected chi connectivity index (χ0v) is 11.8. The van der Waals surface area contributed by atoms with Crippen LogP contribution in [0.4, 0.5) is 0 Å². The molecule has 1 N–H and O–H groups in total. The molecule has 1 rings (SSSR count). The highest BCUT2D eigenvalue weighted by molar-refractivity contribution is 5.97. The summed E-state index contributed by atoms with van der Waals surface area (Å²) in [4.78, 5) is 23.1. The third-order valence-corrected chi connectivity index (χ3v) is 3.32. The number of benzene rings is 1. The molecule has 0 amide bonds. The number of carbonyl (C=O) groups is 2. The van der Waals surface area contributed by atoms with Crippen molar-refractivity contribution in [1.29, 1.82) is 0 Å². The number of carboxylic acid groups (broad SMARTS) is 1. The van der Waals surface area contributed by atoms with Gasteiger partial charge in [-0.25, -0.2) is 0 Å². The first-order valence-electron chi connectivity index (χ1n) is 6.81. The van der Waals surface area contributed by atoms with Crippen LogP contribution in [-0.4, -0.2) is 16.9 Å². The highest BCUT2D eigenvalue weighted by Crippen LogP contribution is 2.18. The van der Waals surface area contributed by atoms with Gasteiger partial charge in [0.05, 0.1) is 5.92 Å². The van der Waals surface area contributed by atoms with E-state index < -0.39 is 11.9 Å². The maximum absolute atomic E-state index is 12.1. The van der Waals surface area contributed by atoms with E-state index in [0.29, 0.717) is 17.9 Å². The Balaban J connectivity index is 2.74. The zero-order chi connectivity index (χ0) is 14.4. The van der Waals surface area contributed by atoms with Crippen LogP contribution in [0.15, 0.2) is 24.3 Å². The van der Waals surface area contributed by atoms with Gasteiger partial charge in [0, 0.05) is 12.0 Å². The van der Waals surface area contributed by atoms with Crippen molar-refractivity contribution in [3.8, 4) is 0 Å². The molecule has 0 heterocycles. The number of hydrogen-bond donors (Lipinski definition) is 1. The van der Waals surface area contributed by atoms with Crippen molar-refractivity contribution in [3.05, 3.63) is 35.4 Å². The van der Waals surface area contributed by atoms with Gasteiger partial charge in [-0.2, -0.15) is 0 Å². The number of hydrogen-bond acceptors (Lipinski definition) is 2. The van der Waals surface area contributed by atoms with Crippen LogP contribution >= 0.6 is 0 Å². The Kier molecular flexibility index (Phi) is 5.74. The van der Waals surface area contributed by atoms with E-state index in [1.807, 2.05) is 19.1 Å². The van der Waals surface area contributed by atoms with Gasteiger partial charge in [-0.1, -0.05) is 51.5 Å². The van der Waals surface area contributed by atoms with E-state index in [1.165, 1.54) is 5.56 Å². The minimum atomic E-state index is -0.881. The molecule has 0 aromatic heterocycles. The fourth-order valence-electron chi connectivity index (χ4n) is 2.06. The number of aliphatic carboxylic acids is 1. The molecule has 0 bridgehead atoms. The molecule has 0 saturated heterocycles. The number of Topliss-reactive ketones (excluding diaryl/α,β-unsaturated/α-hetero) is 1. The predicted molar refractivity (Wildman–Crippen MR) is 75.5 cm³/mol. The Labute approximate surface area is 114 Å². The maximum Gasteiger partial charge on any atom is 0.306 e. The molecule has 0 aliphatic carbocycles. The average Bonchev–Trinajstić information content (AvgIpc) is 2.38. The van der Waals surface area contributed by atoms with Gasteiger partial charge in [0.15, 0.2) is 5.78 Å². The summed E-state index contributed by atoms with van der Waals surface area (Å²) in [6, 6.07) is 7.46. The number of rotatable bonds is 7. The van der Waals surface area contributed by atoms with E-state index in [9.17, 15) is 9.59 Å². The predicted octanol–water partition coefficient (Wildman–Crippen LogP) is 3.88. The minimum Gasteiger partial charge on any atom is -0.481 e. The molecule has 0 radical (unpaired) electrons. The highest BCUT2D eigenvalue weighted by atomic mass is 16.4. The quantitative estimate of drug-likeness (QED) is 0.758. The third kappa shape index (κ3) is 4.51. The van der Waals surface area contributed by atoms with Crippen molar-refractivity contribution in [1.82, 2.24) is 0 Å². The second-order valence-corrected chi connectivity index (χ2v) is 5.23. The Morgan fingerprint density at radius 1 is 1.16 bits per heavy atom. The van der Waals surface area contributed by atoms with E-state index in [0.717, 1.165) is 6.42 Å². The summed E-state index contributed by atoms with van der Waals surface area (Å²) in [5, 5.41) is 9.06. The van der Waals surface area contributed by atoms with Crippen LogP contribution in [0.2, 0.25) is 0 Å². The lowest BCUT2D eigenvalue weighted by Crippen LogP contribution is -2.18. The van der Waals surface area contributed by atoms with Crippen LogP contribution in [0.25, 0.3) is 0 Å². The summed E-state index contributed by atoms with van der Waals surface area (Å²) in [5.41, 5.74) is 1.78. The monoisotopic (exact) mass is 262 g/mol. The van der Waals surface area contributed by atoms with Gasteiger partial charge in [-0.15, -0.1) is 0 Å². The van der Waals surface area contributed by atoms with Crippen LogP contribution in [0.3, 0.4) is 0 Å². The molecule has 1 aromatic carbocycles. The number of carbonyl (C=O) groups excluding carboxylic acids is 1. The van der Waals surface area contributed by atoms with Crippen molar-refractivity contribution in [2.75, 3.05) is 0 Å². The van der Waals surface area contributed by atoms with Gasteiger partial charge in [-0.3, -0.25) is 9.59 Å². The smallest absolute Gasteiger partial charge is 0.306 e. The topological polar surface area (TPSA) is 54.4 Å². The molecular formula is C16H22O3. The highest BCUT2D eigenvalue weighted by Gasteiger charge is 2.21. The lowest BCUT2D eigenvalue weighted by Gasteiger charge is -2.11. The molecular weight excluding hydrogens is 240 g/mol. The second kappa shape index (κ2) is 7.07. The van der Waals surface area contributed by atoms with Crippen molar-refractivity contribution in [3.63, 3.8) is 0 Å². The number of ketones is 1. The van der Waals surface area contributed by atoms with Gasteiger partial charge in [-0.05, 0) is 17.9 Å². The van der Waals surface area contributed by atoms with Crippen molar-refractivity contribution >= 4 is 11.8 Å². The molecule has 0 aliphatic rings. The summed E-state index contributed by atoms with van der Waals surface area (Å²) in [6.45, 7) is 6.12. The molecule has 1 unspecified atom stereocenters. The van der Waals surface area contributed by atoms with E-state index in [1.54, 1.807) is 12.1 Å². The molecule has 0 saturated carbocycles. The normalized spacial score (nSPS) is 12.4. The fraction of sp³-hybridized carbons (Fsp3) is 0.500. The third-order valence-electron chi connectivity index (χ3n) is 3.32. The summed E-state index contributed by atoms with van der Waals surface area (Å²) in [6.07, 6.45) is 1.41. The Morgan fingerprint density at radius 2 is 1.74 bits per heavy atom. The molecule has 0 aliphatic heterocycles. The lowest BCUT2D eigenvalue weighted by molar-refractivity contribution is -0.141. The average molecular weight is 262 g/mol. The first-order valence-corrected chi connectivity index (χ1v) is 6.81. The minimum absolute atomic E-state index is 0.0869. The van der Waals surface area contributed by atoms with Gasteiger partial charge in [0.1, 0.15) is 0 Å². The lowest BCUT2D eigenvalue weighted by atomic mass is 9.93. The largest absolute Gasteiger partial charge is 0.481 e. The van der Waals surface area contributed by atoms with E-state index in [4.69, 9.17) is 5.11 Å². The van der Waals surface area contributed by atoms with Gasteiger partial charge in [0.25, 0.3) is 0 Å². The second-order valence-electron chi connectivity index (χ2n) is 5.23. The van der Waals surface area contributed by atoms with Crippen LogP contribution in [0, 0.1) is 5.92 Å². The molecule has 1 atom stereocenters. The Hall–Kier alpha value is -1.64. The Bertz CT molecular complexity index is 432. The van der Waals surface area contributed by atoms with Crippen molar-refractivity contribution < 1.29 is 14.7 Å². The van der Waals surface area contributed by atoms with Crippen molar-refractivity contribution in [2.24, 2.45) is 5.92 Å². The number of carboxylic acids is 1.